The SMILES string of the molecule is COc1ccc([C@@H](NC(=O)c2cccc(Cl)c2)C(C)C)cc1. The van der Waals surface area contributed by atoms with E-state index in [1.54, 1.807) is 31.4 Å². The smallest absolute Gasteiger partial charge is 0.251 e. The largest absolute Gasteiger partial charge is 0.497 e. The van der Waals surface area contributed by atoms with Crippen molar-refractivity contribution in [3.05, 3.63) is 64.7 Å². The molecule has 0 aliphatic carbocycles. The highest BCUT2D eigenvalue weighted by Gasteiger charge is 2.19. The lowest BCUT2D eigenvalue weighted by Gasteiger charge is -2.23. The molecule has 116 valence electrons. The molecule has 0 aliphatic rings. The van der Waals surface area contributed by atoms with E-state index in [4.69, 9.17) is 16.3 Å². The highest BCUT2D eigenvalue weighted by atomic mass is 35.5. The van der Waals surface area contributed by atoms with Crippen molar-refractivity contribution < 1.29 is 9.53 Å². The predicted molar refractivity (Wildman–Crippen MR) is 89.5 cm³/mol. The highest BCUT2D eigenvalue weighted by Crippen LogP contribution is 2.24. The molecule has 3 nitrogen and oxygen atoms in total. The van der Waals surface area contributed by atoms with E-state index in [1.165, 1.54) is 0 Å². The molecule has 0 unspecified atom stereocenters. The van der Waals surface area contributed by atoms with Crippen LogP contribution in [0, 0.1) is 5.92 Å². The Labute approximate surface area is 136 Å². The lowest BCUT2D eigenvalue weighted by atomic mass is 9.95. The second-order valence-corrected chi connectivity index (χ2v) is 5.92. The van der Waals surface area contributed by atoms with E-state index in [-0.39, 0.29) is 17.9 Å². The molecule has 0 saturated carbocycles. The van der Waals surface area contributed by atoms with Gasteiger partial charge >= 0.3 is 0 Å². The van der Waals surface area contributed by atoms with Gasteiger partial charge in [0.1, 0.15) is 5.75 Å². The van der Waals surface area contributed by atoms with Crippen LogP contribution in [0.2, 0.25) is 5.02 Å². The van der Waals surface area contributed by atoms with Gasteiger partial charge in [-0.05, 0) is 41.8 Å². The van der Waals surface area contributed by atoms with Gasteiger partial charge in [0.25, 0.3) is 5.91 Å². The van der Waals surface area contributed by atoms with E-state index in [9.17, 15) is 4.79 Å². The molecule has 4 heteroatoms. The summed E-state index contributed by atoms with van der Waals surface area (Å²) in [5.74, 6) is 0.931. The van der Waals surface area contributed by atoms with Crippen LogP contribution in [0.5, 0.6) is 5.75 Å². The van der Waals surface area contributed by atoms with Gasteiger partial charge in [0, 0.05) is 10.6 Å². The van der Waals surface area contributed by atoms with Gasteiger partial charge in [-0.25, -0.2) is 0 Å². The zero-order chi connectivity index (χ0) is 16.1. The average Bonchev–Trinajstić information content (AvgIpc) is 2.52. The van der Waals surface area contributed by atoms with Crippen LogP contribution >= 0.6 is 11.6 Å². The van der Waals surface area contributed by atoms with Gasteiger partial charge in [0.15, 0.2) is 0 Å². The molecule has 0 fully saturated rings. The summed E-state index contributed by atoms with van der Waals surface area (Å²) in [6.45, 7) is 4.15. The fourth-order valence-corrected chi connectivity index (χ4v) is 2.49. The Kier molecular flexibility index (Phi) is 5.45. The quantitative estimate of drug-likeness (QED) is 0.883. The van der Waals surface area contributed by atoms with Crippen molar-refractivity contribution in [2.24, 2.45) is 5.92 Å². The van der Waals surface area contributed by atoms with Crippen LogP contribution in [0.15, 0.2) is 48.5 Å². The van der Waals surface area contributed by atoms with Crippen LogP contribution in [0.4, 0.5) is 0 Å². The molecule has 2 aromatic rings. The van der Waals surface area contributed by atoms with Gasteiger partial charge in [-0.15, -0.1) is 0 Å². The molecule has 0 bridgehead atoms. The number of carbonyl (C=O) groups is 1. The Morgan fingerprint density at radius 3 is 2.36 bits per heavy atom. The third kappa shape index (κ3) is 4.01. The molecule has 2 rings (SSSR count). The first kappa shape index (κ1) is 16.4. The molecule has 1 N–H and O–H groups in total. The number of nitrogens with one attached hydrogen (secondary N) is 1. The summed E-state index contributed by atoms with van der Waals surface area (Å²) in [7, 11) is 1.63. The summed E-state index contributed by atoms with van der Waals surface area (Å²) in [6.07, 6.45) is 0. The Morgan fingerprint density at radius 2 is 1.82 bits per heavy atom. The number of hydrogen-bond acceptors (Lipinski definition) is 2. The van der Waals surface area contributed by atoms with E-state index in [0.717, 1.165) is 11.3 Å². The maximum Gasteiger partial charge on any atom is 0.251 e. The second kappa shape index (κ2) is 7.32. The zero-order valence-corrected chi connectivity index (χ0v) is 13.7. The number of methoxy groups -OCH3 is 1. The summed E-state index contributed by atoms with van der Waals surface area (Å²) >= 11 is 5.94. The Morgan fingerprint density at radius 1 is 1.14 bits per heavy atom. The molecule has 0 radical (unpaired) electrons. The summed E-state index contributed by atoms with van der Waals surface area (Å²) < 4.78 is 5.17. The summed E-state index contributed by atoms with van der Waals surface area (Å²) in [5, 5.41) is 3.63. The number of benzene rings is 2. The fraction of sp³-hybridized carbons (Fsp3) is 0.278. The van der Waals surface area contributed by atoms with Crippen LogP contribution in [-0.2, 0) is 0 Å². The van der Waals surface area contributed by atoms with Gasteiger partial charge in [-0.1, -0.05) is 43.6 Å². The first-order valence-corrected chi connectivity index (χ1v) is 7.59. The molecule has 2 aromatic carbocycles. The Balaban J connectivity index is 2.19. The van der Waals surface area contributed by atoms with Crippen molar-refractivity contribution in [1.29, 1.82) is 0 Å². The van der Waals surface area contributed by atoms with Gasteiger partial charge in [-0.2, -0.15) is 0 Å². The summed E-state index contributed by atoms with van der Waals surface area (Å²) in [6, 6.07) is 14.6. The van der Waals surface area contributed by atoms with Gasteiger partial charge < -0.3 is 10.1 Å². The van der Waals surface area contributed by atoms with Crippen molar-refractivity contribution in [3.63, 3.8) is 0 Å². The summed E-state index contributed by atoms with van der Waals surface area (Å²) in [4.78, 5) is 12.4. The first-order valence-electron chi connectivity index (χ1n) is 7.21. The lowest BCUT2D eigenvalue weighted by molar-refractivity contribution is 0.0925. The van der Waals surface area contributed by atoms with Crippen molar-refractivity contribution in [3.8, 4) is 5.75 Å². The molecular formula is C18H20ClNO2. The third-order valence-corrected chi connectivity index (χ3v) is 3.75. The summed E-state index contributed by atoms with van der Waals surface area (Å²) in [5.41, 5.74) is 1.61. The Hall–Kier alpha value is -2.00. The number of carbonyl (C=O) groups excluding carboxylic acids is 1. The monoisotopic (exact) mass is 317 g/mol. The van der Waals surface area contributed by atoms with Crippen LogP contribution in [0.25, 0.3) is 0 Å². The van der Waals surface area contributed by atoms with Crippen LogP contribution in [-0.4, -0.2) is 13.0 Å². The molecule has 0 aliphatic heterocycles. The Bertz CT molecular complexity index is 638. The molecule has 22 heavy (non-hydrogen) atoms. The number of ether oxygens (including phenoxy) is 1. The molecule has 1 amide bonds. The van der Waals surface area contributed by atoms with E-state index in [1.807, 2.05) is 24.3 Å². The van der Waals surface area contributed by atoms with Crippen LogP contribution in [0.3, 0.4) is 0 Å². The normalized spacial score (nSPS) is 12.0. The van der Waals surface area contributed by atoms with Crippen molar-refractivity contribution >= 4 is 17.5 Å². The number of hydrogen-bond donors (Lipinski definition) is 1. The molecular weight excluding hydrogens is 298 g/mol. The molecule has 0 aromatic heterocycles. The number of amides is 1. The molecule has 1 atom stereocenters. The minimum Gasteiger partial charge on any atom is -0.497 e. The minimum atomic E-state index is -0.128. The molecule has 0 heterocycles. The standard InChI is InChI=1S/C18H20ClNO2/c1-12(2)17(13-7-9-16(22-3)10-8-13)20-18(21)14-5-4-6-15(19)11-14/h4-12,17H,1-3H3,(H,20,21)/t17-/m0/s1. The third-order valence-electron chi connectivity index (χ3n) is 3.51. The minimum absolute atomic E-state index is 0.0719. The van der Waals surface area contributed by atoms with Crippen LogP contribution in [0.1, 0.15) is 35.8 Å². The van der Waals surface area contributed by atoms with E-state index in [0.29, 0.717) is 10.6 Å². The van der Waals surface area contributed by atoms with Gasteiger partial charge in [0.2, 0.25) is 0 Å². The molecule has 0 saturated heterocycles. The average molecular weight is 318 g/mol. The van der Waals surface area contributed by atoms with Crippen molar-refractivity contribution in [1.82, 2.24) is 5.32 Å². The number of rotatable bonds is 5. The highest BCUT2D eigenvalue weighted by molar-refractivity contribution is 6.30. The maximum absolute atomic E-state index is 12.4. The van der Waals surface area contributed by atoms with E-state index >= 15 is 0 Å². The topological polar surface area (TPSA) is 38.3 Å². The van der Waals surface area contributed by atoms with Gasteiger partial charge in [0.05, 0.1) is 13.2 Å². The predicted octanol–water partition coefficient (Wildman–Crippen LogP) is 4.48. The van der Waals surface area contributed by atoms with Crippen molar-refractivity contribution in [2.75, 3.05) is 7.11 Å². The second-order valence-electron chi connectivity index (χ2n) is 5.48. The van der Waals surface area contributed by atoms with Crippen molar-refractivity contribution in [2.45, 2.75) is 19.9 Å². The molecule has 0 spiro atoms. The fourth-order valence-electron chi connectivity index (χ4n) is 2.30. The maximum atomic E-state index is 12.4. The van der Waals surface area contributed by atoms with Gasteiger partial charge in [-0.3, -0.25) is 4.79 Å². The number of halogens is 1. The van der Waals surface area contributed by atoms with E-state index in [2.05, 4.69) is 19.2 Å². The van der Waals surface area contributed by atoms with Crippen LogP contribution < -0.4 is 10.1 Å². The first-order chi connectivity index (χ1) is 10.5. The van der Waals surface area contributed by atoms with E-state index < -0.39 is 0 Å². The zero-order valence-electron chi connectivity index (χ0n) is 13.0. The lowest BCUT2D eigenvalue weighted by Crippen LogP contribution is -2.31.